The number of nitrogens with zero attached hydrogens (tertiary/aromatic N) is 2. The van der Waals surface area contributed by atoms with Crippen molar-refractivity contribution < 1.29 is 8.42 Å². The van der Waals surface area contributed by atoms with Crippen molar-refractivity contribution in [1.82, 2.24) is 9.71 Å². The largest absolute Gasteiger partial charge is 0.265 e. The lowest BCUT2D eigenvalue weighted by Gasteiger charge is -2.32. The molecule has 1 N–H and O–H groups in total. The maximum absolute atomic E-state index is 12.6. The number of aromatic nitrogens is 1. The minimum Gasteiger partial charge on any atom is -0.265 e. The Morgan fingerprint density at radius 2 is 1.90 bits per heavy atom. The molecule has 0 aromatic carbocycles. The molecular formula is C15H23N3O2S. The zero-order valence-corrected chi connectivity index (χ0v) is 14.1. The molecule has 116 valence electrons. The van der Waals surface area contributed by atoms with Gasteiger partial charge in [-0.1, -0.05) is 20.8 Å². The number of hydrogen-bond acceptors (Lipinski definition) is 4. The molecule has 0 atom stereocenters. The second-order valence-electron chi connectivity index (χ2n) is 7.35. The number of sulfonamides is 1. The smallest absolute Gasteiger partial charge is 0.258 e. The molecule has 1 aliphatic rings. The van der Waals surface area contributed by atoms with Crippen LogP contribution < -0.4 is 4.72 Å². The minimum absolute atomic E-state index is 0.0307. The summed E-state index contributed by atoms with van der Waals surface area (Å²) in [5.41, 5.74) is 0.816. The van der Waals surface area contributed by atoms with E-state index in [1.807, 2.05) is 13.8 Å². The van der Waals surface area contributed by atoms with Crippen molar-refractivity contribution in [2.45, 2.75) is 53.1 Å². The third-order valence-electron chi connectivity index (χ3n) is 3.13. The number of aliphatic imine (C=N–C) groups is 1. The maximum Gasteiger partial charge on any atom is 0.258 e. The van der Waals surface area contributed by atoms with Crippen LogP contribution in [0.4, 0.5) is 0 Å². The van der Waals surface area contributed by atoms with Crippen LogP contribution in [-0.2, 0) is 16.6 Å². The number of fused-ring (bicyclic) bond motifs is 1. The Balaban J connectivity index is 2.25. The van der Waals surface area contributed by atoms with Gasteiger partial charge in [-0.05, 0) is 37.8 Å². The Hall–Kier alpha value is -1.27. The van der Waals surface area contributed by atoms with Crippen molar-refractivity contribution in [3.63, 3.8) is 0 Å². The summed E-state index contributed by atoms with van der Waals surface area (Å²) in [5.74, 6) is 0. The van der Waals surface area contributed by atoms with Crippen LogP contribution in [0.2, 0.25) is 0 Å². The molecule has 0 fully saturated rings. The second-order valence-corrected chi connectivity index (χ2v) is 8.94. The van der Waals surface area contributed by atoms with Gasteiger partial charge in [-0.3, -0.25) is 9.98 Å². The van der Waals surface area contributed by atoms with E-state index in [4.69, 9.17) is 0 Å². The van der Waals surface area contributed by atoms with E-state index in [1.54, 1.807) is 18.3 Å². The quantitative estimate of drug-likeness (QED) is 0.932. The average Bonchev–Trinajstić information content (AvgIpc) is 2.67. The molecule has 1 aliphatic heterocycles. The van der Waals surface area contributed by atoms with Crippen LogP contribution in [0.3, 0.4) is 0 Å². The van der Waals surface area contributed by atoms with Crippen molar-refractivity contribution in [2.24, 2.45) is 10.4 Å². The molecule has 1 aromatic heterocycles. The molecule has 0 unspecified atom stereocenters. The molecule has 0 saturated heterocycles. The van der Waals surface area contributed by atoms with Crippen LogP contribution in [0.1, 0.15) is 52.3 Å². The molecule has 2 rings (SSSR count). The number of hydrogen-bond donors (Lipinski definition) is 1. The van der Waals surface area contributed by atoms with Crippen LogP contribution in [0.15, 0.2) is 23.3 Å². The third kappa shape index (κ3) is 3.89. The Morgan fingerprint density at radius 3 is 2.52 bits per heavy atom. The van der Waals surface area contributed by atoms with E-state index < -0.39 is 15.6 Å². The first kappa shape index (κ1) is 16.1. The number of rotatable bonds is 3. The SMILES string of the molecule is CC(C)(C)CC(C)(C)NS(=O)(=O)C1=NCc2ncccc21. The molecule has 1 aromatic rings. The van der Waals surface area contributed by atoms with Crippen LogP contribution in [-0.4, -0.2) is 24.0 Å². The Labute approximate surface area is 127 Å². The third-order valence-corrected chi connectivity index (χ3v) is 4.81. The molecule has 6 heteroatoms. The van der Waals surface area contributed by atoms with Gasteiger partial charge in [-0.15, -0.1) is 0 Å². The van der Waals surface area contributed by atoms with Gasteiger partial charge < -0.3 is 0 Å². The second kappa shape index (κ2) is 5.18. The highest BCUT2D eigenvalue weighted by Crippen LogP contribution is 2.28. The highest BCUT2D eigenvalue weighted by molar-refractivity contribution is 8.05. The van der Waals surface area contributed by atoms with Gasteiger partial charge in [-0.2, -0.15) is 0 Å². The molecule has 0 bridgehead atoms. The molecule has 0 spiro atoms. The number of nitrogens with one attached hydrogen (secondary N) is 1. The zero-order chi connectivity index (χ0) is 15.9. The summed E-state index contributed by atoms with van der Waals surface area (Å²) in [5, 5.41) is 0.104. The highest BCUT2D eigenvalue weighted by Gasteiger charge is 2.35. The predicted octanol–water partition coefficient (Wildman–Crippen LogP) is 2.48. The minimum atomic E-state index is -3.64. The van der Waals surface area contributed by atoms with Crippen molar-refractivity contribution >= 4 is 15.1 Å². The summed E-state index contributed by atoms with van der Waals surface area (Å²) in [6.07, 6.45) is 2.38. The molecule has 0 aliphatic carbocycles. The molecule has 2 heterocycles. The van der Waals surface area contributed by atoms with Crippen molar-refractivity contribution in [1.29, 1.82) is 0 Å². The molecule has 0 radical (unpaired) electrons. The van der Waals surface area contributed by atoms with E-state index in [9.17, 15) is 8.42 Å². The first-order valence-electron chi connectivity index (χ1n) is 7.03. The molecule has 5 nitrogen and oxygen atoms in total. The van der Waals surface area contributed by atoms with Gasteiger partial charge in [-0.25, -0.2) is 13.1 Å². The van der Waals surface area contributed by atoms with Crippen LogP contribution in [0, 0.1) is 5.41 Å². The summed E-state index contributed by atoms with van der Waals surface area (Å²) in [6, 6.07) is 3.49. The number of pyridine rings is 1. The lowest BCUT2D eigenvalue weighted by molar-refractivity contribution is 0.270. The molecule has 0 amide bonds. The van der Waals surface area contributed by atoms with E-state index in [1.165, 1.54) is 0 Å². The van der Waals surface area contributed by atoms with E-state index in [0.29, 0.717) is 17.8 Å². The van der Waals surface area contributed by atoms with Crippen LogP contribution >= 0.6 is 0 Å². The van der Waals surface area contributed by atoms with Gasteiger partial charge in [0.1, 0.15) is 0 Å². The van der Waals surface area contributed by atoms with E-state index in [-0.39, 0.29) is 10.5 Å². The Bertz CT molecular complexity index is 670. The first-order valence-corrected chi connectivity index (χ1v) is 8.51. The van der Waals surface area contributed by atoms with Gasteiger partial charge in [0.15, 0.2) is 5.04 Å². The average molecular weight is 309 g/mol. The first-order chi connectivity index (χ1) is 9.50. The van der Waals surface area contributed by atoms with Crippen molar-refractivity contribution in [3.8, 4) is 0 Å². The van der Waals surface area contributed by atoms with Crippen molar-refractivity contribution in [3.05, 3.63) is 29.6 Å². The zero-order valence-electron chi connectivity index (χ0n) is 13.3. The van der Waals surface area contributed by atoms with Crippen LogP contribution in [0.5, 0.6) is 0 Å². The van der Waals surface area contributed by atoms with Gasteiger partial charge >= 0.3 is 0 Å². The summed E-state index contributed by atoms with van der Waals surface area (Å²) in [4.78, 5) is 8.33. The molecule has 21 heavy (non-hydrogen) atoms. The van der Waals surface area contributed by atoms with E-state index in [2.05, 4.69) is 35.5 Å². The van der Waals surface area contributed by atoms with Crippen LogP contribution in [0.25, 0.3) is 0 Å². The van der Waals surface area contributed by atoms with Crippen molar-refractivity contribution in [2.75, 3.05) is 0 Å². The van der Waals surface area contributed by atoms with Gasteiger partial charge in [0.05, 0.1) is 12.2 Å². The summed E-state index contributed by atoms with van der Waals surface area (Å²) >= 11 is 0. The summed E-state index contributed by atoms with van der Waals surface area (Å²) in [6.45, 7) is 10.4. The topological polar surface area (TPSA) is 71.4 Å². The Morgan fingerprint density at radius 1 is 1.24 bits per heavy atom. The lowest BCUT2D eigenvalue weighted by Crippen LogP contribution is -2.48. The van der Waals surface area contributed by atoms with Gasteiger partial charge in [0, 0.05) is 17.3 Å². The lowest BCUT2D eigenvalue weighted by atomic mass is 9.82. The maximum atomic E-state index is 12.6. The monoisotopic (exact) mass is 309 g/mol. The van der Waals surface area contributed by atoms with E-state index in [0.717, 1.165) is 6.42 Å². The fraction of sp³-hybridized carbons (Fsp3) is 0.600. The Kier molecular flexibility index (Phi) is 3.97. The standard InChI is InChI=1S/C15H23N3O2S/c1-14(2,3)10-15(4,5)18-21(19,20)13-11-7-6-8-16-12(11)9-17-13/h6-8,18H,9-10H2,1-5H3. The fourth-order valence-electron chi connectivity index (χ4n) is 2.99. The fourth-order valence-corrected chi connectivity index (χ4v) is 4.60. The predicted molar refractivity (Wildman–Crippen MR) is 84.7 cm³/mol. The van der Waals surface area contributed by atoms with Gasteiger partial charge in [0.25, 0.3) is 10.0 Å². The van der Waals surface area contributed by atoms with E-state index >= 15 is 0 Å². The molecular weight excluding hydrogens is 286 g/mol. The highest BCUT2D eigenvalue weighted by atomic mass is 32.2. The van der Waals surface area contributed by atoms with Gasteiger partial charge in [0.2, 0.25) is 0 Å². The normalized spacial score (nSPS) is 15.8. The molecule has 0 saturated carbocycles. The summed E-state index contributed by atoms with van der Waals surface area (Å²) in [7, 11) is -3.64. The summed E-state index contributed by atoms with van der Waals surface area (Å²) < 4.78 is 28.0.